The number of carbonyl (C=O) groups excluding carboxylic acids is 2. The molecule has 0 aromatic rings. The summed E-state index contributed by atoms with van der Waals surface area (Å²) in [7, 11) is 0. The summed E-state index contributed by atoms with van der Waals surface area (Å²) in [5.41, 5.74) is 0. The van der Waals surface area contributed by atoms with Gasteiger partial charge in [-0.3, -0.25) is 0 Å². The van der Waals surface area contributed by atoms with Crippen molar-refractivity contribution in [2.24, 2.45) is 0 Å². The Hall–Kier alpha value is -1.70. The first-order chi connectivity index (χ1) is 11.1. The van der Waals surface area contributed by atoms with Crippen LogP contribution in [0.25, 0.3) is 0 Å². The van der Waals surface area contributed by atoms with Gasteiger partial charge in [0.2, 0.25) is 0 Å². The second-order valence-corrected chi connectivity index (χ2v) is 4.37. The number of ether oxygens (including phenoxy) is 5. The lowest BCUT2D eigenvalue weighted by atomic mass is 10.3. The Morgan fingerprint density at radius 2 is 1.35 bits per heavy atom. The largest absolute Gasteiger partial charge is 0.463 e. The minimum atomic E-state index is -0.467. The molecule has 7 heteroatoms. The molecule has 1 unspecified atom stereocenters. The van der Waals surface area contributed by atoms with Gasteiger partial charge in [-0.2, -0.15) is 0 Å². The van der Waals surface area contributed by atoms with E-state index in [-0.39, 0.29) is 12.9 Å². The van der Waals surface area contributed by atoms with Gasteiger partial charge in [-0.1, -0.05) is 13.2 Å². The highest BCUT2D eigenvalue weighted by Gasteiger charge is 2.02. The third-order valence-electron chi connectivity index (χ3n) is 2.52. The molecular formula is C16H26O7. The summed E-state index contributed by atoms with van der Waals surface area (Å²) in [6.45, 7) is 10.5. The summed E-state index contributed by atoms with van der Waals surface area (Å²) in [5.74, 6) is -0.881. The Labute approximate surface area is 137 Å². The van der Waals surface area contributed by atoms with Crippen LogP contribution in [0.1, 0.15) is 19.8 Å². The average molecular weight is 330 g/mol. The van der Waals surface area contributed by atoms with Gasteiger partial charge < -0.3 is 23.7 Å². The minimum Gasteiger partial charge on any atom is -0.463 e. The SMILES string of the molecule is C=CC(=O)OCCCCOC(C)OCCOCCOC(=O)C=C. The van der Waals surface area contributed by atoms with Crippen LogP contribution < -0.4 is 0 Å². The lowest BCUT2D eigenvalue weighted by molar-refractivity contribution is -0.146. The molecule has 1 atom stereocenters. The molecule has 0 rings (SSSR count). The highest BCUT2D eigenvalue weighted by Crippen LogP contribution is 1.98. The van der Waals surface area contributed by atoms with E-state index in [1.54, 1.807) is 6.92 Å². The zero-order chi connectivity index (χ0) is 17.3. The smallest absolute Gasteiger partial charge is 0.330 e. The molecule has 23 heavy (non-hydrogen) atoms. The van der Waals surface area contributed by atoms with Crippen molar-refractivity contribution in [3.05, 3.63) is 25.3 Å². The topological polar surface area (TPSA) is 80.3 Å². The third kappa shape index (κ3) is 15.0. The maximum absolute atomic E-state index is 10.8. The molecule has 0 aliphatic carbocycles. The summed E-state index contributed by atoms with van der Waals surface area (Å²) < 4.78 is 25.6. The van der Waals surface area contributed by atoms with Crippen LogP contribution >= 0.6 is 0 Å². The van der Waals surface area contributed by atoms with Crippen molar-refractivity contribution in [3.63, 3.8) is 0 Å². The summed E-state index contributed by atoms with van der Waals surface area (Å²) in [6.07, 6.45) is 3.39. The standard InChI is InChI=1S/C16H26O7/c1-4-15(17)22-9-7-6-8-20-14(3)21-12-10-19-11-13-23-16(18)5-2/h4-5,14H,1-2,6-13H2,3H3. The van der Waals surface area contributed by atoms with Gasteiger partial charge in [0.15, 0.2) is 6.29 Å². The molecule has 7 nitrogen and oxygen atoms in total. The van der Waals surface area contributed by atoms with Crippen molar-refractivity contribution < 1.29 is 33.3 Å². The lowest BCUT2D eigenvalue weighted by Crippen LogP contribution is -2.18. The molecule has 0 saturated carbocycles. The minimum absolute atomic E-state index is 0.188. The highest BCUT2D eigenvalue weighted by molar-refractivity contribution is 5.81. The molecular weight excluding hydrogens is 304 g/mol. The fourth-order valence-electron chi connectivity index (χ4n) is 1.37. The summed E-state index contributed by atoms with van der Waals surface area (Å²) in [4.78, 5) is 21.5. The highest BCUT2D eigenvalue weighted by atomic mass is 16.7. The van der Waals surface area contributed by atoms with Crippen LogP contribution in [0.15, 0.2) is 25.3 Å². The lowest BCUT2D eigenvalue weighted by Gasteiger charge is -2.14. The Kier molecular flexibility index (Phi) is 14.1. The first-order valence-electron chi connectivity index (χ1n) is 7.49. The summed E-state index contributed by atoms with van der Waals surface area (Å²) in [6, 6.07) is 0. The van der Waals surface area contributed by atoms with Crippen molar-refractivity contribution in [3.8, 4) is 0 Å². The van der Waals surface area contributed by atoms with E-state index in [1.165, 1.54) is 0 Å². The van der Waals surface area contributed by atoms with Crippen LogP contribution in [-0.2, 0) is 33.3 Å². The Morgan fingerprint density at radius 3 is 2.00 bits per heavy atom. The van der Waals surface area contributed by atoms with Crippen LogP contribution in [0, 0.1) is 0 Å². The second kappa shape index (κ2) is 15.2. The van der Waals surface area contributed by atoms with Gasteiger partial charge in [0.05, 0.1) is 26.4 Å². The van der Waals surface area contributed by atoms with Crippen molar-refractivity contribution in [2.45, 2.75) is 26.1 Å². The van der Waals surface area contributed by atoms with Gasteiger partial charge in [0.25, 0.3) is 0 Å². The van der Waals surface area contributed by atoms with Gasteiger partial charge in [-0.05, 0) is 19.8 Å². The van der Waals surface area contributed by atoms with Crippen LogP contribution in [0.5, 0.6) is 0 Å². The molecule has 0 aromatic heterocycles. The molecule has 0 amide bonds. The zero-order valence-corrected chi connectivity index (χ0v) is 13.7. The second-order valence-electron chi connectivity index (χ2n) is 4.37. The molecule has 0 spiro atoms. The predicted octanol–water partition coefficient (Wildman–Crippen LogP) is 1.62. The van der Waals surface area contributed by atoms with Crippen LogP contribution in [0.4, 0.5) is 0 Å². The first kappa shape index (κ1) is 21.3. The molecule has 0 aliphatic rings. The molecule has 132 valence electrons. The van der Waals surface area contributed by atoms with Crippen molar-refractivity contribution in [1.29, 1.82) is 0 Å². The van der Waals surface area contributed by atoms with E-state index < -0.39 is 11.9 Å². The van der Waals surface area contributed by atoms with Gasteiger partial charge in [-0.25, -0.2) is 9.59 Å². The monoisotopic (exact) mass is 330 g/mol. The zero-order valence-electron chi connectivity index (χ0n) is 13.7. The molecule has 0 aliphatic heterocycles. The molecule has 0 N–H and O–H groups in total. The van der Waals surface area contributed by atoms with Crippen molar-refractivity contribution in [1.82, 2.24) is 0 Å². The first-order valence-corrected chi connectivity index (χ1v) is 7.49. The molecule has 0 saturated heterocycles. The Bertz CT molecular complexity index is 354. The average Bonchev–Trinajstić information content (AvgIpc) is 2.56. The van der Waals surface area contributed by atoms with Gasteiger partial charge in [-0.15, -0.1) is 0 Å². The quantitative estimate of drug-likeness (QED) is 0.195. The van der Waals surface area contributed by atoms with Crippen molar-refractivity contribution in [2.75, 3.05) is 39.6 Å². The molecule has 0 aromatic carbocycles. The molecule has 0 bridgehead atoms. The maximum atomic E-state index is 10.8. The van der Waals surface area contributed by atoms with Gasteiger partial charge in [0, 0.05) is 18.8 Å². The molecule has 0 radical (unpaired) electrons. The van der Waals surface area contributed by atoms with Crippen LogP contribution in [0.3, 0.4) is 0 Å². The van der Waals surface area contributed by atoms with E-state index in [2.05, 4.69) is 13.2 Å². The van der Waals surface area contributed by atoms with E-state index in [0.717, 1.165) is 25.0 Å². The fraction of sp³-hybridized carbons (Fsp3) is 0.625. The van der Waals surface area contributed by atoms with E-state index >= 15 is 0 Å². The Morgan fingerprint density at radius 1 is 0.826 bits per heavy atom. The number of hydrogen-bond donors (Lipinski definition) is 0. The van der Waals surface area contributed by atoms with E-state index in [1.807, 2.05) is 0 Å². The van der Waals surface area contributed by atoms with Gasteiger partial charge >= 0.3 is 11.9 Å². The number of carbonyl (C=O) groups is 2. The summed E-state index contributed by atoms with van der Waals surface area (Å²) in [5, 5.41) is 0. The predicted molar refractivity (Wildman–Crippen MR) is 83.7 cm³/mol. The maximum Gasteiger partial charge on any atom is 0.330 e. The van der Waals surface area contributed by atoms with E-state index in [9.17, 15) is 9.59 Å². The van der Waals surface area contributed by atoms with E-state index in [0.29, 0.717) is 33.0 Å². The summed E-state index contributed by atoms with van der Waals surface area (Å²) >= 11 is 0. The number of unbranched alkanes of at least 4 members (excludes halogenated alkanes) is 1. The van der Waals surface area contributed by atoms with Crippen molar-refractivity contribution >= 4 is 11.9 Å². The molecule has 0 fully saturated rings. The number of rotatable bonds is 15. The fourth-order valence-corrected chi connectivity index (χ4v) is 1.37. The Balaban J connectivity index is 3.29. The van der Waals surface area contributed by atoms with Crippen LogP contribution in [0.2, 0.25) is 0 Å². The van der Waals surface area contributed by atoms with Gasteiger partial charge in [0.1, 0.15) is 6.61 Å². The third-order valence-corrected chi connectivity index (χ3v) is 2.52. The van der Waals surface area contributed by atoms with E-state index in [4.69, 9.17) is 23.7 Å². The normalized spacial score (nSPS) is 11.5. The number of esters is 2. The molecule has 0 heterocycles. The number of hydrogen-bond acceptors (Lipinski definition) is 7. The van der Waals surface area contributed by atoms with Crippen LogP contribution in [-0.4, -0.2) is 57.9 Å².